The zero-order valence-electron chi connectivity index (χ0n) is 15.3. The lowest BCUT2D eigenvalue weighted by Crippen LogP contribution is -1.97. The second-order valence-electron chi connectivity index (χ2n) is 6.21. The van der Waals surface area contributed by atoms with Gasteiger partial charge in [-0.05, 0) is 66.2 Å². The van der Waals surface area contributed by atoms with E-state index in [9.17, 15) is 4.79 Å². The van der Waals surface area contributed by atoms with E-state index in [1.165, 1.54) is 0 Å². The van der Waals surface area contributed by atoms with Crippen LogP contribution in [0.4, 0.5) is 0 Å². The van der Waals surface area contributed by atoms with Gasteiger partial charge in [0.25, 0.3) is 0 Å². The van der Waals surface area contributed by atoms with E-state index in [0.717, 1.165) is 22.6 Å². The summed E-state index contributed by atoms with van der Waals surface area (Å²) in [5.41, 5.74) is 2.17. The third-order valence-electron chi connectivity index (χ3n) is 4.26. The van der Waals surface area contributed by atoms with Gasteiger partial charge in [-0.2, -0.15) is 0 Å². The van der Waals surface area contributed by atoms with Crippen molar-refractivity contribution in [1.29, 1.82) is 0 Å². The Labute approximate surface area is 163 Å². The van der Waals surface area contributed by atoms with E-state index in [1.807, 2.05) is 78.9 Å². The topological polar surface area (TPSA) is 44.8 Å². The Morgan fingerprint density at radius 1 is 0.821 bits per heavy atom. The van der Waals surface area contributed by atoms with E-state index in [2.05, 4.69) is 0 Å². The summed E-state index contributed by atoms with van der Waals surface area (Å²) in [5.74, 6) is 2.36. The molecule has 4 nitrogen and oxygen atoms in total. The van der Waals surface area contributed by atoms with Gasteiger partial charge in [-0.1, -0.05) is 30.3 Å². The number of hydrogen-bond acceptors (Lipinski definition) is 4. The lowest BCUT2D eigenvalue weighted by molar-refractivity contribution is -0.130. The molecule has 0 amide bonds. The zero-order chi connectivity index (χ0) is 19.3. The first-order valence-corrected chi connectivity index (χ1v) is 8.84. The van der Waals surface area contributed by atoms with Crippen molar-refractivity contribution in [3.63, 3.8) is 0 Å². The van der Waals surface area contributed by atoms with Crippen LogP contribution >= 0.6 is 0 Å². The third-order valence-corrected chi connectivity index (χ3v) is 4.26. The SMILES string of the molecule is COc1cccc(C=C2C=C(c3ccc(Oc4ccccc4)cc3)OC2=O)c1. The molecule has 0 saturated heterocycles. The first-order valence-electron chi connectivity index (χ1n) is 8.84. The van der Waals surface area contributed by atoms with Crippen molar-refractivity contribution in [3.8, 4) is 17.2 Å². The maximum atomic E-state index is 12.2. The lowest BCUT2D eigenvalue weighted by atomic mass is 10.1. The van der Waals surface area contributed by atoms with E-state index in [4.69, 9.17) is 14.2 Å². The molecule has 0 atom stereocenters. The molecule has 4 rings (SSSR count). The number of hydrogen-bond donors (Lipinski definition) is 0. The van der Waals surface area contributed by atoms with Crippen LogP contribution in [-0.4, -0.2) is 13.1 Å². The summed E-state index contributed by atoms with van der Waals surface area (Å²) >= 11 is 0. The number of para-hydroxylation sites is 1. The predicted octanol–water partition coefficient (Wildman–Crippen LogP) is 5.47. The maximum Gasteiger partial charge on any atom is 0.343 e. The average molecular weight is 370 g/mol. The first kappa shape index (κ1) is 17.6. The van der Waals surface area contributed by atoms with Gasteiger partial charge in [0.05, 0.1) is 12.7 Å². The van der Waals surface area contributed by atoms with Crippen molar-refractivity contribution < 1.29 is 19.0 Å². The summed E-state index contributed by atoms with van der Waals surface area (Å²) in [6.45, 7) is 0. The van der Waals surface area contributed by atoms with Gasteiger partial charge in [0, 0.05) is 5.56 Å². The molecule has 0 N–H and O–H groups in total. The quantitative estimate of drug-likeness (QED) is 0.441. The number of rotatable bonds is 5. The molecule has 1 heterocycles. The van der Waals surface area contributed by atoms with Gasteiger partial charge in [-0.3, -0.25) is 0 Å². The molecule has 138 valence electrons. The van der Waals surface area contributed by atoms with E-state index < -0.39 is 0 Å². The van der Waals surface area contributed by atoms with Crippen molar-refractivity contribution in [1.82, 2.24) is 0 Å². The van der Waals surface area contributed by atoms with Crippen molar-refractivity contribution >= 4 is 17.8 Å². The molecule has 28 heavy (non-hydrogen) atoms. The molecule has 0 unspecified atom stereocenters. The van der Waals surface area contributed by atoms with Crippen LogP contribution in [0.2, 0.25) is 0 Å². The second kappa shape index (κ2) is 7.84. The van der Waals surface area contributed by atoms with E-state index in [-0.39, 0.29) is 5.97 Å². The van der Waals surface area contributed by atoms with Gasteiger partial charge in [0.1, 0.15) is 23.0 Å². The number of esters is 1. The van der Waals surface area contributed by atoms with Crippen LogP contribution in [0.15, 0.2) is 90.5 Å². The smallest absolute Gasteiger partial charge is 0.343 e. The standard InChI is InChI=1S/C24H18O4/c1-26-22-9-5-6-17(15-22)14-19-16-23(28-24(19)25)18-10-12-21(13-11-18)27-20-7-3-2-4-8-20/h2-16H,1H3. The summed E-state index contributed by atoms with van der Waals surface area (Å²) in [6, 6.07) is 24.5. The summed E-state index contributed by atoms with van der Waals surface area (Å²) in [7, 11) is 1.61. The summed E-state index contributed by atoms with van der Waals surface area (Å²) in [5, 5.41) is 0. The van der Waals surface area contributed by atoms with Gasteiger partial charge in [-0.15, -0.1) is 0 Å². The highest BCUT2D eigenvalue weighted by atomic mass is 16.5. The van der Waals surface area contributed by atoms with Crippen molar-refractivity contribution in [3.05, 3.63) is 102 Å². The molecule has 0 fully saturated rings. The van der Waals surface area contributed by atoms with Crippen LogP contribution in [0.5, 0.6) is 17.2 Å². The van der Waals surface area contributed by atoms with Crippen LogP contribution in [0.25, 0.3) is 11.8 Å². The number of benzene rings is 3. The highest BCUT2D eigenvalue weighted by Gasteiger charge is 2.22. The number of carbonyl (C=O) groups excluding carboxylic acids is 1. The van der Waals surface area contributed by atoms with Crippen LogP contribution in [0, 0.1) is 0 Å². The van der Waals surface area contributed by atoms with E-state index in [1.54, 1.807) is 19.3 Å². The van der Waals surface area contributed by atoms with E-state index in [0.29, 0.717) is 17.1 Å². The molecule has 0 aromatic heterocycles. The largest absolute Gasteiger partial charge is 0.497 e. The van der Waals surface area contributed by atoms with Crippen LogP contribution in [-0.2, 0) is 9.53 Å². The van der Waals surface area contributed by atoms with Crippen molar-refractivity contribution in [2.24, 2.45) is 0 Å². The van der Waals surface area contributed by atoms with Crippen molar-refractivity contribution in [2.75, 3.05) is 7.11 Å². The Bertz CT molecular complexity index is 1050. The monoisotopic (exact) mass is 370 g/mol. The van der Waals surface area contributed by atoms with Gasteiger partial charge >= 0.3 is 5.97 Å². The molecule has 3 aromatic rings. The lowest BCUT2D eigenvalue weighted by Gasteiger charge is -2.06. The van der Waals surface area contributed by atoms with Crippen LogP contribution in [0.1, 0.15) is 11.1 Å². The fraction of sp³-hybridized carbons (Fsp3) is 0.0417. The fourth-order valence-corrected chi connectivity index (χ4v) is 2.85. The highest BCUT2D eigenvalue weighted by molar-refractivity contribution is 6.05. The molecule has 1 aliphatic heterocycles. The van der Waals surface area contributed by atoms with Crippen molar-refractivity contribution in [2.45, 2.75) is 0 Å². The first-order chi connectivity index (χ1) is 13.7. The summed E-state index contributed by atoms with van der Waals surface area (Å²) in [6.07, 6.45) is 3.53. The number of carbonyl (C=O) groups is 1. The van der Waals surface area contributed by atoms with Crippen LogP contribution < -0.4 is 9.47 Å². The number of ether oxygens (including phenoxy) is 3. The maximum absolute atomic E-state index is 12.2. The van der Waals surface area contributed by atoms with Gasteiger partial charge < -0.3 is 14.2 Å². The zero-order valence-corrected chi connectivity index (χ0v) is 15.3. The molecule has 0 bridgehead atoms. The predicted molar refractivity (Wildman–Crippen MR) is 108 cm³/mol. The molecule has 0 radical (unpaired) electrons. The highest BCUT2D eigenvalue weighted by Crippen LogP contribution is 2.30. The molecule has 1 aliphatic rings. The summed E-state index contributed by atoms with van der Waals surface area (Å²) in [4.78, 5) is 12.2. The number of methoxy groups -OCH3 is 1. The van der Waals surface area contributed by atoms with Gasteiger partial charge in [-0.25, -0.2) is 4.79 Å². The molecular weight excluding hydrogens is 352 g/mol. The second-order valence-corrected chi connectivity index (χ2v) is 6.21. The molecular formula is C24H18O4. The summed E-state index contributed by atoms with van der Waals surface area (Å²) < 4.78 is 16.4. The average Bonchev–Trinajstić information content (AvgIpc) is 3.10. The number of cyclic esters (lactones) is 1. The van der Waals surface area contributed by atoms with E-state index >= 15 is 0 Å². The minimum Gasteiger partial charge on any atom is -0.497 e. The Balaban J connectivity index is 1.53. The third kappa shape index (κ3) is 3.96. The minimum atomic E-state index is -0.373. The van der Waals surface area contributed by atoms with Gasteiger partial charge in [0.15, 0.2) is 0 Å². The molecule has 3 aromatic carbocycles. The Hall–Kier alpha value is -3.79. The van der Waals surface area contributed by atoms with Crippen LogP contribution in [0.3, 0.4) is 0 Å². The van der Waals surface area contributed by atoms with Gasteiger partial charge in [0.2, 0.25) is 0 Å². The molecule has 0 saturated carbocycles. The normalized spacial score (nSPS) is 14.5. The molecule has 4 heteroatoms. The fourth-order valence-electron chi connectivity index (χ4n) is 2.85. The molecule has 0 spiro atoms. The minimum absolute atomic E-state index is 0.373. The Morgan fingerprint density at radius 2 is 1.54 bits per heavy atom. The Morgan fingerprint density at radius 3 is 2.29 bits per heavy atom. The molecule has 0 aliphatic carbocycles. The Kier molecular flexibility index (Phi) is 4.93.